The molecule has 1 aromatic carbocycles. The summed E-state index contributed by atoms with van der Waals surface area (Å²) < 4.78 is 8.74. The minimum atomic E-state index is 0.00774. The van der Waals surface area contributed by atoms with Crippen molar-refractivity contribution < 1.29 is 9.32 Å². The second-order valence-corrected chi connectivity index (χ2v) is 7.78. The number of hydrogen-bond acceptors (Lipinski definition) is 7. The molecular weight excluding hydrogens is 388 g/mol. The van der Waals surface area contributed by atoms with E-state index in [1.165, 1.54) is 11.8 Å². The minimum Gasteiger partial charge on any atom is -0.360 e. The molecule has 0 saturated heterocycles. The smallest absolute Gasteiger partial charge is 0.214 e. The van der Waals surface area contributed by atoms with Gasteiger partial charge in [-0.05, 0) is 61.9 Å². The van der Waals surface area contributed by atoms with Crippen LogP contribution in [0.3, 0.4) is 0 Å². The van der Waals surface area contributed by atoms with Crippen LogP contribution >= 0.6 is 11.8 Å². The highest BCUT2D eigenvalue weighted by Crippen LogP contribution is 2.24. The molecule has 0 aliphatic carbocycles. The molecule has 0 atom stereocenters. The standard InChI is InChI=1S/C20H20N6O2S/c1-12-6-5-7-16(8-12)26-20(21-23-24-26)29-11-18(27)17-9-13(2)25(15(17)4)19-10-14(3)28-22-19/h5-10H,11H2,1-4H3. The van der Waals surface area contributed by atoms with Gasteiger partial charge in [0.25, 0.3) is 0 Å². The van der Waals surface area contributed by atoms with Gasteiger partial charge in [-0.2, -0.15) is 4.68 Å². The third kappa shape index (κ3) is 3.73. The van der Waals surface area contributed by atoms with Crippen LogP contribution in [0.25, 0.3) is 11.5 Å². The van der Waals surface area contributed by atoms with Gasteiger partial charge in [-0.3, -0.25) is 9.36 Å². The number of thioether (sulfide) groups is 1. The average molecular weight is 408 g/mol. The zero-order valence-electron chi connectivity index (χ0n) is 16.6. The predicted molar refractivity (Wildman–Crippen MR) is 109 cm³/mol. The molecule has 8 nitrogen and oxygen atoms in total. The van der Waals surface area contributed by atoms with Crippen LogP contribution in [0.4, 0.5) is 0 Å². The molecule has 0 amide bonds. The molecule has 0 aliphatic heterocycles. The number of hydrogen-bond donors (Lipinski definition) is 0. The first kappa shape index (κ1) is 19.1. The molecule has 0 saturated carbocycles. The summed E-state index contributed by atoms with van der Waals surface area (Å²) in [5, 5.41) is 16.5. The summed E-state index contributed by atoms with van der Waals surface area (Å²) in [7, 11) is 0. The van der Waals surface area contributed by atoms with Crippen LogP contribution < -0.4 is 0 Å². The zero-order chi connectivity index (χ0) is 20.5. The number of aromatic nitrogens is 6. The van der Waals surface area contributed by atoms with E-state index < -0.39 is 0 Å². The first-order valence-corrected chi connectivity index (χ1v) is 10.1. The van der Waals surface area contributed by atoms with E-state index in [0.29, 0.717) is 16.5 Å². The molecule has 4 rings (SSSR count). The lowest BCUT2D eigenvalue weighted by Gasteiger charge is -2.06. The van der Waals surface area contributed by atoms with Crippen molar-refractivity contribution in [3.8, 4) is 11.5 Å². The van der Waals surface area contributed by atoms with Gasteiger partial charge in [0, 0.05) is 23.0 Å². The zero-order valence-corrected chi connectivity index (χ0v) is 17.4. The maximum Gasteiger partial charge on any atom is 0.214 e. The number of benzene rings is 1. The van der Waals surface area contributed by atoms with E-state index in [9.17, 15) is 4.79 Å². The Labute approximate surface area is 171 Å². The molecule has 9 heteroatoms. The molecule has 0 aliphatic rings. The highest BCUT2D eigenvalue weighted by atomic mass is 32.2. The Hall–Kier alpha value is -3.20. The second kappa shape index (κ2) is 7.67. The van der Waals surface area contributed by atoms with Gasteiger partial charge in [0.15, 0.2) is 11.6 Å². The van der Waals surface area contributed by atoms with Crippen molar-refractivity contribution in [3.05, 3.63) is 64.7 Å². The van der Waals surface area contributed by atoms with Gasteiger partial charge >= 0.3 is 0 Å². The van der Waals surface area contributed by atoms with Crippen LogP contribution in [0.5, 0.6) is 0 Å². The van der Waals surface area contributed by atoms with E-state index in [-0.39, 0.29) is 11.5 Å². The van der Waals surface area contributed by atoms with E-state index in [2.05, 4.69) is 20.7 Å². The van der Waals surface area contributed by atoms with Crippen molar-refractivity contribution in [2.75, 3.05) is 5.75 Å². The van der Waals surface area contributed by atoms with Gasteiger partial charge in [-0.15, -0.1) is 5.10 Å². The van der Waals surface area contributed by atoms with Gasteiger partial charge < -0.3 is 4.52 Å². The normalized spacial score (nSPS) is 11.2. The summed E-state index contributed by atoms with van der Waals surface area (Å²) in [4.78, 5) is 12.9. The van der Waals surface area contributed by atoms with Crippen molar-refractivity contribution in [3.63, 3.8) is 0 Å². The van der Waals surface area contributed by atoms with Crippen LogP contribution in [0.1, 0.15) is 33.1 Å². The first-order valence-electron chi connectivity index (χ1n) is 9.08. The van der Waals surface area contributed by atoms with E-state index in [0.717, 1.165) is 28.4 Å². The van der Waals surface area contributed by atoms with Gasteiger partial charge in [-0.25, -0.2) is 0 Å². The van der Waals surface area contributed by atoms with Gasteiger partial charge in [-0.1, -0.05) is 29.1 Å². The van der Waals surface area contributed by atoms with Crippen molar-refractivity contribution in [2.24, 2.45) is 0 Å². The average Bonchev–Trinajstić information content (AvgIpc) is 3.39. The van der Waals surface area contributed by atoms with E-state index >= 15 is 0 Å². The topological polar surface area (TPSA) is 91.6 Å². The fraction of sp³-hybridized carbons (Fsp3) is 0.250. The third-order valence-electron chi connectivity index (χ3n) is 4.60. The Kier molecular flexibility index (Phi) is 5.06. The molecule has 3 aromatic heterocycles. The molecule has 3 heterocycles. The Morgan fingerprint density at radius 3 is 2.69 bits per heavy atom. The quantitative estimate of drug-likeness (QED) is 0.355. The predicted octanol–water partition coefficient (Wildman–Crippen LogP) is 3.65. The molecule has 29 heavy (non-hydrogen) atoms. The molecule has 4 aromatic rings. The van der Waals surface area contributed by atoms with Crippen molar-refractivity contribution in [2.45, 2.75) is 32.9 Å². The highest BCUT2D eigenvalue weighted by molar-refractivity contribution is 7.99. The Bertz CT molecular complexity index is 1190. The number of carbonyl (C=O) groups excluding carboxylic acids is 1. The maximum absolute atomic E-state index is 12.9. The number of rotatable bonds is 6. The number of nitrogens with zero attached hydrogens (tertiary/aromatic N) is 6. The lowest BCUT2D eigenvalue weighted by molar-refractivity contribution is 0.102. The molecule has 0 spiro atoms. The number of carbonyl (C=O) groups is 1. The van der Waals surface area contributed by atoms with Gasteiger partial charge in [0.1, 0.15) is 5.76 Å². The summed E-state index contributed by atoms with van der Waals surface area (Å²) in [5.74, 6) is 1.63. The van der Waals surface area contributed by atoms with Crippen LogP contribution in [0.15, 0.2) is 46.1 Å². The molecule has 0 unspecified atom stereocenters. The van der Waals surface area contributed by atoms with Crippen LogP contribution in [0, 0.1) is 27.7 Å². The highest BCUT2D eigenvalue weighted by Gasteiger charge is 2.20. The number of tetrazole rings is 1. The monoisotopic (exact) mass is 408 g/mol. The summed E-state index contributed by atoms with van der Waals surface area (Å²) in [6.45, 7) is 7.70. The molecule has 0 N–H and O–H groups in total. The van der Waals surface area contributed by atoms with E-state index in [1.54, 1.807) is 4.68 Å². The molecular formula is C20H20N6O2S. The summed E-state index contributed by atoms with van der Waals surface area (Å²) in [6.07, 6.45) is 0. The fourth-order valence-corrected chi connectivity index (χ4v) is 4.03. The largest absolute Gasteiger partial charge is 0.360 e. The SMILES string of the molecule is Cc1cccc(-n2nnnc2SCC(=O)c2cc(C)n(-c3cc(C)on3)c2C)c1. The van der Waals surface area contributed by atoms with Crippen molar-refractivity contribution in [1.82, 2.24) is 29.9 Å². The molecule has 0 bridgehead atoms. The number of aryl methyl sites for hydroxylation is 3. The van der Waals surface area contributed by atoms with E-state index in [4.69, 9.17) is 4.52 Å². The van der Waals surface area contributed by atoms with E-state index in [1.807, 2.05) is 68.7 Å². The Morgan fingerprint density at radius 2 is 1.97 bits per heavy atom. The maximum atomic E-state index is 12.9. The summed E-state index contributed by atoms with van der Waals surface area (Å²) in [6, 6.07) is 11.6. The third-order valence-corrected chi connectivity index (χ3v) is 5.51. The van der Waals surface area contributed by atoms with Crippen LogP contribution in [0.2, 0.25) is 0 Å². The lowest BCUT2D eigenvalue weighted by Crippen LogP contribution is -2.07. The van der Waals surface area contributed by atoms with Crippen LogP contribution in [-0.4, -0.2) is 41.5 Å². The molecule has 0 fully saturated rings. The number of Topliss-reactive ketones (excluding diaryl/α,β-unsaturated/α-hetero) is 1. The molecule has 148 valence electrons. The van der Waals surface area contributed by atoms with Gasteiger partial charge in [0.05, 0.1) is 11.4 Å². The van der Waals surface area contributed by atoms with Gasteiger partial charge in [0.2, 0.25) is 5.16 Å². The first-order chi connectivity index (χ1) is 13.9. The lowest BCUT2D eigenvalue weighted by atomic mass is 10.2. The molecule has 0 radical (unpaired) electrons. The second-order valence-electron chi connectivity index (χ2n) is 6.84. The number of ketones is 1. The Balaban J connectivity index is 1.54. The fourth-order valence-electron chi connectivity index (χ4n) is 3.25. The summed E-state index contributed by atoms with van der Waals surface area (Å²) >= 11 is 1.32. The minimum absolute atomic E-state index is 0.00774. The van der Waals surface area contributed by atoms with Crippen LogP contribution in [-0.2, 0) is 0 Å². The Morgan fingerprint density at radius 1 is 1.14 bits per heavy atom. The van der Waals surface area contributed by atoms with Crippen molar-refractivity contribution in [1.29, 1.82) is 0 Å². The summed E-state index contributed by atoms with van der Waals surface area (Å²) in [5.41, 5.74) is 4.39. The van der Waals surface area contributed by atoms with Crippen molar-refractivity contribution >= 4 is 17.5 Å².